The van der Waals surface area contributed by atoms with Gasteiger partial charge >= 0.3 is 0 Å². The lowest BCUT2D eigenvalue weighted by Crippen LogP contribution is -2.43. The zero-order valence-corrected chi connectivity index (χ0v) is 9.71. The summed E-state index contributed by atoms with van der Waals surface area (Å²) < 4.78 is 0. The van der Waals surface area contributed by atoms with Gasteiger partial charge in [-0.2, -0.15) is 0 Å². The minimum absolute atomic E-state index is 0.0159. The van der Waals surface area contributed by atoms with E-state index in [1.807, 2.05) is 0 Å². The smallest absolute Gasteiger partial charge is 0.239 e. The minimum Gasteiger partial charge on any atom is -0.352 e. The molecule has 0 aromatic heterocycles. The SMILES string of the molecule is O=C(CN1CCCC1=O)NC1CCCCC1. The van der Waals surface area contributed by atoms with E-state index in [1.165, 1.54) is 19.3 Å². The zero-order valence-electron chi connectivity index (χ0n) is 9.71. The Morgan fingerprint density at radius 3 is 2.62 bits per heavy atom. The maximum atomic E-state index is 11.7. The number of rotatable bonds is 3. The molecule has 0 spiro atoms. The van der Waals surface area contributed by atoms with Crippen molar-refractivity contribution in [2.45, 2.75) is 51.0 Å². The molecule has 2 aliphatic rings. The molecular weight excluding hydrogens is 204 g/mol. The van der Waals surface area contributed by atoms with Crippen molar-refractivity contribution in [3.8, 4) is 0 Å². The first-order valence-electron chi connectivity index (χ1n) is 6.33. The van der Waals surface area contributed by atoms with Gasteiger partial charge in [0.05, 0.1) is 6.54 Å². The van der Waals surface area contributed by atoms with Crippen LogP contribution in [0.3, 0.4) is 0 Å². The average molecular weight is 224 g/mol. The van der Waals surface area contributed by atoms with Crippen LogP contribution < -0.4 is 5.32 Å². The van der Waals surface area contributed by atoms with Gasteiger partial charge in [0, 0.05) is 19.0 Å². The van der Waals surface area contributed by atoms with Crippen molar-refractivity contribution in [2.75, 3.05) is 13.1 Å². The quantitative estimate of drug-likeness (QED) is 0.779. The first kappa shape index (κ1) is 11.4. The highest BCUT2D eigenvalue weighted by atomic mass is 16.2. The van der Waals surface area contributed by atoms with Crippen molar-refractivity contribution >= 4 is 11.8 Å². The van der Waals surface area contributed by atoms with Crippen LogP contribution in [0.15, 0.2) is 0 Å². The summed E-state index contributed by atoms with van der Waals surface area (Å²) in [6, 6.07) is 0.346. The van der Waals surface area contributed by atoms with Crippen LogP contribution in [-0.4, -0.2) is 35.8 Å². The Morgan fingerprint density at radius 2 is 2.00 bits per heavy atom. The van der Waals surface area contributed by atoms with E-state index in [2.05, 4.69) is 5.32 Å². The summed E-state index contributed by atoms with van der Waals surface area (Å²) in [4.78, 5) is 24.7. The van der Waals surface area contributed by atoms with Crippen molar-refractivity contribution in [2.24, 2.45) is 0 Å². The molecule has 1 aliphatic heterocycles. The summed E-state index contributed by atoms with van der Waals surface area (Å²) in [6.45, 7) is 1.01. The van der Waals surface area contributed by atoms with E-state index in [0.29, 0.717) is 12.5 Å². The number of nitrogens with one attached hydrogen (secondary N) is 1. The molecule has 0 atom stereocenters. The van der Waals surface area contributed by atoms with Gasteiger partial charge < -0.3 is 10.2 Å². The Labute approximate surface area is 96.4 Å². The third-order valence-corrected chi connectivity index (χ3v) is 3.48. The molecule has 4 heteroatoms. The van der Waals surface area contributed by atoms with E-state index >= 15 is 0 Å². The molecule has 0 aromatic carbocycles. The van der Waals surface area contributed by atoms with Crippen LogP contribution in [0.1, 0.15) is 44.9 Å². The van der Waals surface area contributed by atoms with Gasteiger partial charge in [0.25, 0.3) is 0 Å². The van der Waals surface area contributed by atoms with E-state index in [1.54, 1.807) is 4.90 Å². The topological polar surface area (TPSA) is 49.4 Å². The Morgan fingerprint density at radius 1 is 1.25 bits per heavy atom. The first-order valence-corrected chi connectivity index (χ1v) is 6.33. The molecule has 1 saturated heterocycles. The lowest BCUT2D eigenvalue weighted by Gasteiger charge is -2.24. The highest BCUT2D eigenvalue weighted by molar-refractivity contribution is 5.85. The molecule has 0 unspecified atom stereocenters. The fraction of sp³-hybridized carbons (Fsp3) is 0.833. The van der Waals surface area contributed by atoms with Crippen LogP contribution in [0.5, 0.6) is 0 Å². The maximum Gasteiger partial charge on any atom is 0.239 e. The number of amides is 2. The van der Waals surface area contributed by atoms with Gasteiger partial charge in [-0.3, -0.25) is 9.59 Å². The first-order chi connectivity index (χ1) is 7.75. The normalized spacial score (nSPS) is 22.5. The summed E-state index contributed by atoms with van der Waals surface area (Å²) in [5.74, 6) is 0.140. The molecule has 0 bridgehead atoms. The molecule has 0 radical (unpaired) electrons. The third-order valence-electron chi connectivity index (χ3n) is 3.48. The summed E-state index contributed by atoms with van der Waals surface area (Å²) in [5, 5.41) is 3.03. The van der Waals surface area contributed by atoms with Crippen molar-refractivity contribution in [1.82, 2.24) is 10.2 Å². The van der Waals surface area contributed by atoms with Gasteiger partial charge in [-0.25, -0.2) is 0 Å². The number of carbonyl (C=O) groups excluding carboxylic acids is 2. The number of hydrogen-bond acceptors (Lipinski definition) is 2. The van der Waals surface area contributed by atoms with Gasteiger partial charge in [-0.15, -0.1) is 0 Å². The molecule has 1 saturated carbocycles. The molecule has 2 fully saturated rings. The van der Waals surface area contributed by atoms with E-state index in [9.17, 15) is 9.59 Å². The van der Waals surface area contributed by atoms with Crippen LogP contribution in [0.25, 0.3) is 0 Å². The largest absolute Gasteiger partial charge is 0.352 e. The molecule has 1 aliphatic carbocycles. The van der Waals surface area contributed by atoms with Gasteiger partial charge in [-0.1, -0.05) is 19.3 Å². The standard InChI is InChI=1S/C12H20N2O2/c15-11(9-14-8-4-7-12(14)16)13-10-5-2-1-3-6-10/h10H,1-9H2,(H,13,15). The Balaban J connectivity index is 1.72. The van der Waals surface area contributed by atoms with E-state index in [-0.39, 0.29) is 18.4 Å². The van der Waals surface area contributed by atoms with Gasteiger partial charge in [0.1, 0.15) is 0 Å². The van der Waals surface area contributed by atoms with Crippen LogP contribution in [0.4, 0.5) is 0 Å². The van der Waals surface area contributed by atoms with Crippen molar-refractivity contribution in [1.29, 1.82) is 0 Å². The summed E-state index contributed by atoms with van der Waals surface area (Å²) >= 11 is 0. The number of nitrogens with zero attached hydrogens (tertiary/aromatic N) is 1. The second-order valence-electron chi connectivity index (χ2n) is 4.82. The molecule has 2 rings (SSSR count). The fourth-order valence-corrected chi connectivity index (χ4v) is 2.56. The van der Waals surface area contributed by atoms with Crippen LogP contribution in [0, 0.1) is 0 Å². The summed E-state index contributed by atoms with van der Waals surface area (Å²) in [6.07, 6.45) is 7.42. The Hall–Kier alpha value is -1.06. The summed E-state index contributed by atoms with van der Waals surface area (Å²) in [5.41, 5.74) is 0. The van der Waals surface area contributed by atoms with E-state index in [4.69, 9.17) is 0 Å². The van der Waals surface area contributed by atoms with Crippen molar-refractivity contribution < 1.29 is 9.59 Å². The second-order valence-corrected chi connectivity index (χ2v) is 4.82. The summed E-state index contributed by atoms with van der Waals surface area (Å²) in [7, 11) is 0. The van der Waals surface area contributed by atoms with Gasteiger partial charge in [-0.05, 0) is 19.3 Å². The third kappa shape index (κ3) is 2.97. The number of hydrogen-bond donors (Lipinski definition) is 1. The Bertz CT molecular complexity index is 272. The number of carbonyl (C=O) groups is 2. The minimum atomic E-state index is 0.0159. The molecule has 0 aromatic rings. The molecule has 1 heterocycles. The molecule has 1 N–H and O–H groups in total. The molecule has 16 heavy (non-hydrogen) atoms. The van der Waals surface area contributed by atoms with Crippen LogP contribution in [-0.2, 0) is 9.59 Å². The predicted octanol–water partition coefficient (Wildman–Crippen LogP) is 1.06. The lowest BCUT2D eigenvalue weighted by molar-refractivity contribution is -0.133. The number of likely N-dealkylation sites (tertiary alicyclic amines) is 1. The predicted molar refractivity (Wildman–Crippen MR) is 60.8 cm³/mol. The van der Waals surface area contributed by atoms with E-state index < -0.39 is 0 Å². The zero-order chi connectivity index (χ0) is 11.4. The van der Waals surface area contributed by atoms with Crippen LogP contribution in [0.2, 0.25) is 0 Å². The van der Waals surface area contributed by atoms with Crippen LogP contribution >= 0.6 is 0 Å². The molecule has 2 amide bonds. The van der Waals surface area contributed by atoms with Gasteiger partial charge in [0.2, 0.25) is 11.8 Å². The van der Waals surface area contributed by atoms with E-state index in [0.717, 1.165) is 25.8 Å². The molecule has 4 nitrogen and oxygen atoms in total. The highest BCUT2D eigenvalue weighted by Gasteiger charge is 2.23. The maximum absolute atomic E-state index is 11.7. The molecular formula is C12H20N2O2. The monoisotopic (exact) mass is 224 g/mol. The second kappa shape index (κ2) is 5.32. The fourth-order valence-electron chi connectivity index (χ4n) is 2.56. The Kier molecular flexibility index (Phi) is 3.80. The van der Waals surface area contributed by atoms with Crippen molar-refractivity contribution in [3.05, 3.63) is 0 Å². The van der Waals surface area contributed by atoms with Crippen molar-refractivity contribution in [3.63, 3.8) is 0 Å². The molecule has 90 valence electrons. The van der Waals surface area contributed by atoms with Gasteiger partial charge in [0.15, 0.2) is 0 Å². The average Bonchev–Trinajstić information content (AvgIpc) is 2.66. The lowest BCUT2D eigenvalue weighted by atomic mass is 9.95. The highest BCUT2D eigenvalue weighted by Crippen LogP contribution is 2.17.